The molecule has 140 valence electrons. The monoisotopic (exact) mass is 435 g/mol. The summed E-state index contributed by atoms with van der Waals surface area (Å²) in [4.78, 5) is 12.4. The molecule has 0 fully saturated rings. The van der Waals surface area contributed by atoms with Crippen molar-refractivity contribution in [3.8, 4) is 17.9 Å². The van der Waals surface area contributed by atoms with Crippen LogP contribution in [0.25, 0.3) is 6.08 Å². The summed E-state index contributed by atoms with van der Waals surface area (Å²) in [6.45, 7) is 5.60. The van der Waals surface area contributed by atoms with Crippen LogP contribution < -0.4 is 10.1 Å². The summed E-state index contributed by atoms with van der Waals surface area (Å²) in [6, 6.07) is 14.7. The van der Waals surface area contributed by atoms with Gasteiger partial charge in [0.15, 0.2) is 6.61 Å². The second kappa shape index (κ2) is 10.1. The lowest BCUT2D eigenvalue weighted by Gasteiger charge is -2.12. The quantitative estimate of drug-likeness (QED) is 0.379. The third-order valence-corrected chi connectivity index (χ3v) is 4.36. The summed E-state index contributed by atoms with van der Waals surface area (Å²) in [7, 11) is 0. The zero-order valence-electron chi connectivity index (χ0n) is 15.3. The minimum Gasteiger partial charge on any atom is -0.477 e. The van der Waals surface area contributed by atoms with E-state index >= 15 is 0 Å². The topological polar surface area (TPSA) is 85.9 Å². The SMILES string of the molecule is C=CCc1cc(/C=C(/C#N)C(=O)Nc2ccc(C)cc2)cc(Br)c1OCC#N. The molecule has 0 bridgehead atoms. The highest BCUT2D eigenvalue weighted by Crippen LogP contribution is 2.32. The van der Waals surface area contributed by atoms with Gasteiger partial charge in [0, 0.05) is 5.69 Å². The Morgan fingerprint density at radius 3 is 2.61 bits per heavy atom. The van der Waals surface area contributed by atoms with Gasteiger partial charge in [-0.15, -0.1) is 6.58 Å². The molecule has 1 N–H and O–H groups in total. The summed E-state index contributed by atoms with van der Waals surface area (Å²) < 4.78 is 6.10. The Balaban J connectivity index is 2.33. The van der Waals surface area contributed by atoms with E-state index in [0.717, 1.165) is 11.1 Å². The fraction of sp³-hybridized carbons (Fsp3) is 0.136. The fourth-order valence-corrected chi connectivity index (χ4v) is 3.11. The number of halogens is 1. The number of benzene rings is 2. The first-order valence-corrected chi connectivity index (χ1v) is 9.20. The summed E-state index contributed by atoms with van der Waals surface area (Å²) in [6.07, 6.45) is 3.73. The molecule has 0 aliphatic rings. The van der Waals surface area contributed by atoms with Crippen molar-refractivity contribution in [1.82, 2.24) is 0 Å². The lowest BCUT2D eigenvalue weighted by Crippen LogP contribution is -2.13. The number of hydrogen-bond donors (Lipinski definition) is 1. The van der Waals surface area contributed by atoms with Gasteiger partial charge in [0.2, 0.25) is 0 Å². The van der Waals surface area contributed by atoms with Crippen LogP contribution in [0.2, 0.25) is 0 Å². The van der Waals surface area contributed by atoms with Crippen LogP contribution in [0.15, 0.2) is 59.1 Å². The van der Waals surface area contributed by atoms with Crippen LogP contribution in [-0.4, -0.2) is 12.5 Å². The second-order valence-electron chi connectivity index (χ2n) is 5.92. The second-order valence-corrected chi connectivity index (χ2v) is 6.77. The summed E-state index contributed by atoms with van der Waals surface area (Å²) in [5.74, 6) is 0.0544. The van der Waals surface area contributed by atoms with Gasteiger partial charge >= 0.3 is 0 Å². The van der Waals surface area contributed by atoms with Gasteiger partial charge in [-0.2, -0.15) is 10.5 Å². The molecule has 0 aromatic heterocycles. The standard InChI is InChI=1S/C22H18BrN3O2/c1-3-4-17-11-16(13-20(23)21(17)28-10-9-24)12-18(14-25)22(27)26-19-7-5-15(2)6-8-19/h3,5-8,11-13H,1,4,10H2,2H3,(H,26,27)/b18-12-. The normalized spacial score (nSPS) is 10.5. The average molecular weight is 436 g/mol. The van der Waals surface area contributed by atoms with Gasteiger partial charge in [0.25, 0.3) is 5.91 Å². The van der Waals surface area contributed by atoms with E-state index in [1.165, 1.54) is 6.08 Å². The first kappa shape index (κ1) is 21.0. The van der Waals surface area contributed by atoms with Gasteiger partial charge in [0.1, 0.15) is 23.5 Å². The van der Waals surface area contributed by atoms with Gasteiger partial charge in [0.05, 0.1) is 4.47 Å². The molecule has 2 rings (SSSR count). The number of nitriles is 2. The van der Waals surface area contributed by atoms with Crippen LogP contribution in [0, 0.1) is 29.6 Å². The molecule has 0 radical (unpaired) electrons. The minimum atomic E-state index is -0.488. The van der Waals surface area contributed by atoms with Crippen LogP contribution in [0.5, 0.6) is 5.75 Å². The zero-order chi connectivity index (χ0) is 20.5. The molecule has 1 amide bonds. The Bertz CT molecular complexity index is 996. The molecule has 6 heteroatoms. The Morgan fingerprint density at radius 1 is 1.29 bits per heavy atom. The summed E-state index contributed by atoms with van der Waals surface area (Å²) in [5, 5.41) is 20.9. The molecule has 28 heavy (non-hydrogen) atoms. The molecule has 5 nitrogen and oxygen atoms in total. The molecular formula is C22H18BrN3O2. The van der Waals surface area contributed by atoms with E-state index in [1.54, 1.807) is 30.3 Å². The van der Waals surface area contributed by atoms with E-state index < -0.39 is 5.91 Å². The van der Waals surface area contributed by atoms with Crippen LogP contribution in [0.4, 0.5) is 5.69 Å². The number of nitrogens with zero attached hydrogens (tertiary/aromatic N) is 2. The number of ether oxygens (including phenoxy) is 1. The van der Waals surface area contributed by atoms with Gasteiger partial charge in [-0.05, 0) is 70.7 Å². The Morgan fingerprint density at radius 2 is 2.00 bits per heavy atom. The fourth-order valence-electron chi connectivity index (χ4n) is 2.48. The maximum Gasteiger partial charge on any atom is 0.266 e. The van der Waals surface area contributed by atoms with Crippen molar-refractivity contribution in [1.29, 1.82) is 10.5 Å². The van der Waals surface area contributed by atoms with Gasteiger partial charge in [-0.25, -0.2) is 0 Å². The maximum atomic E-state index is 12.4. The molecule has 0 heterocycles. The van der Waals surface area contributed by atoms with Crippen molar-refractivity contribution < 1.29 is 9.53 Å². The third-order valence-electron chi connectivity index (χ3n) is 3.77. The molecule has 0 spiro atoms. The number of nitrogens with one attached hydrogen (secondary N) is 1. The molecular weight excluding hydrogens is 418 g/mol. The van der Waals surface area contributed by atoms with E-state index in [0.29, 0.717) is 27.9 Å². The molecule has 0 saturated carbocycles. The molecule has 0 atom stereocenters. The lowest BCUT2D eigenvalue weighted by molar-refractivity contribution is -0.112. The predicted octanol–water partition coefficient (Wildman–Crippen LogP) is 4.93. The number of carbonyl (C=O) groups excluding carboxylic acids is 1. The summed E-state index contributed by atoms with van der Waals surface area (Å²) >= 11 is 3.43. The summed E-state index contributed by atoms with van der Waals surface area (Å²) in [5.41, 5.74) is 3.12. The molecule has 2 aromatic carbocycles. The molecule has 0 saturated heterocycles. The first-order chi connectivity index (χ1) is 13.5. The van der Waals surface area contributed by atoms with Gasteiger partial charge < -0.3 is 10.1 Å². The van der Waals surface area contributed by atoms with E-state index in [1.807, 2.05) is 31.2 Å². The lowest BCUT2D eigenvalue weighted by atomic mass is 10.0. The van der Waals surface area contributed by atoms with Crippen LogP contribution in [-0.2, 0) is 11.2 Å². The average Bonchev–Trinajstić information content (AvgIpc) is 2.67. The number of amides is 1. The van der Waals surface area contributed by atoms with Gasteiger partial charge in [-0.3, -0.25) is 4.79 Å². The third kappa shape index (κ3) is 5.57. The Hall–Kier alpha value is -3.35. The Labute approximate surface area is 172 Å². The van der Waals surface area contributed by atoms with E-state index in [4.69, 9.17) is 10.00 Å². The Kier molecular flexibility index (Phi) is 7.56. The number of carbonyl (C=O) groups is 1. The highest BCUT2D eigenvalue weighted by Gasteiger charge is 2.13. The van der Waals surface area contributed by atoms with E-state index in [-0.39, 0.29) is 12.2 Å². The highest BCUT2D eigenvalue weighted by molar-refractivity contribution is 9.10. The van der Waals surface area contributed by atoms with Crippen LogP contribution in [0.1, 0.15) is 16.7 Å². The van der Waals surface area contributed by atoms with Crippen LogP contribution >= 0.6 is 15.9 Å². The molecule has 0 unspecified atom stereocenters. The van der Waals surface area contributed by atoms with Crippen molar-refractivity contribution in [3.05, 3.63) is 75.8 Å². The number of rotatable bonds is 7. The number of allylic oxidation sites excluding steroid dienone is 1. The highest BCUT2D eigenvalue weighted by atomic mass is 79.9. The van der Waals surface area contributed by atoms with E-state index in [9.17, 15) is 10.1 Å². The number of anilines is 1. The van der Waals surface area contributed by atoms with Gasteiger partial charge in [-0.1, -0.05) is 23.8 Å². The molecule has 0 aliphatic heterocycles. The van der Waals surface area contributed by atoms with Crippen molar-refractivity contribution in [2.45, 2.75) is 13.3 Å². The van der Waals surface area contributed by atoms with Crippen molar-refractivity contribution in [3.63, 3.8) is 0 Å². The number of aryl methyl sites for hydroxylation is 1. The molecule has 2 aromatic rings. The van der Waals surface area contributed by atoms with Crippen molar-refractivity contribution in [2.75, 3.05) is 11.9 Å². The smallest absolute Gasteiger partial charge is 0.266 e. The van der Waals surface area contributed by atoms with E-state index in [2.05, 4.69) is 27.8 Å². The first-order valence-electron chi connectivity index (χ1n) is 8.41. The minimum absolute atomic E-state index is 0.0253. The van der Waals surface area contributed by atoms with Crippen molar-refractivity contribution >= 4 is 33.6 Å². The largest absolute Gasteiger partial charge is 0.477 e. The zero-order valence-corrected chi connectivity index (χ0v) is 16.9. The number of hydrogen-bond acceptors (Lipinski definition) is 4. The maximum absolute atomic E-state index is 12.4. The molecule has 0 aliphatic carbocycles. The van der Waals surface area contributed by atoms with Crippen molar-refractivity contribution in [2.24, 2.45) is 0 Å². The predicted molar refractivity (Wildman–Crippen MR) is 113 cm³/mol. The van der Waals surface area contributed by atoms with Crippen LogP contribution in [0.3, 0.4) is 0 Å².